The van der Waals surface area contributed by atoms with E-state index in [1.807, 2.05) is 18.2 Å². The number of rotatable bonds is 7. The van der Waals surface area contributed by atoms with Gasteiger partial charge in [0.2, 0.25) is 10.0 Å². The first-order valence-electron chi connectivity index (χ1n) is 10.5. The van der Waals surface area contributed by atoms with Gasteiger partial charge in [0.15, 0.2) is 6.61 Å². The summed E-state index contributed by atoms with van der Waals surface area (Å²) in [5.41, 5.74) is 1.45. The molecular weight excluding hydrogens is 430 g/mol. The Bertz CT molecular complexity index is 1060. The van der Waals surface area contributed by atoms with Crippen molar-refractivity contribution in [3.05, 3.63) is 54.1 Å². The highest BCUT2D eigenvalue weighted by Crippen LogP contribution is 2.28. The van der Waals surface area contributed by atoms with Crippen LogP contribution < -0.4 is 9.80 Å². The Hall–Kier alpha value is -2.91. The molecular formula is C23H29N3O5S. The minimum Gasteiger partial charge on any atom is -0.452 e. The number of amides is 1. The quantitative estimate of drug-likeness (QED) is 0.592. The van der Waals surface area contributed by atoms with Crippen molar-refractivity contribution in [3.63, 3.8) is 0 Å². The SMILES string of the molecule is CN(C(=O)COC(=O)c1cc(S(=O)(=O)N(C)C)ccc1N1CCCCC1)c1ccccc1. The number of ether oxygens (including phenoxy) is 1. The first-order valence-corrected chi connectivity index (χ1v) is 12.0. The highest BCUT2D eigenvalue weighted by Gasteiger charge is 2.25. The van der Waals surface area contributed by atoms with Crippen LogP contribution in [0.25, 0.3) is 0 Å². The second-order valence-electron chi connectivity index (χ2n) is 7.88. The van der Waals surface area contributed by atoms with Gasteiger partial charge in [0.1, 0.15) is 0 Å². The molecule has 0 spiro atoms. The van der Waals surface area contributed by atoms with E-state index in [9.17, 15) is 18.0 Å². The van der Waals surface area contributed by atoms with Crippen molar-refractivity contribution < 1.29 is 22.7 Å². The van der Waals surface area contributed by atoms with Gasteiger partial charge < -0.3 is 14.5 Å². The third-order valence-corrected chi connectivity index (χ3v) is 7.32. The molecule has 2 aromatic rings. The number of anilines is 2. The molecule has 3 rings (SSSR count). The molecule has 0 aromatic heterocycles. The summed E-state index contributed by atoms with van der Waals surface area (Å²) in [4.78, 5) is 29.0. The van der Waals surface area contributed by atoms with Crippen LogP contribution in [-0.4, -0.2) is 65.4 Å². The van der Waals surface area contributed by atoms with Crippen molar-refractivity contribution in [2.75, 3.05) is 50.6 Å². The summed E-state index contributed by atoms with van der Waals surface area (Å²) in [5.74, 6) is -1.11. The minimum atomic E-state index is -3.73. The zero-order chi connectivity index (χ0) is 23.3. The molecule has 0 unspecified atom stereocenters. The van der Waals surface area contributed by atoms with Crippen molar-refractivity contribution in [3.8, 4) is 0 Å². The summed E-state index contributed by atoms with van der Waals surface area (Å²) in [7, 11) is 0.746. The first kappa shape index (κ1) is 23.7. The van der Waals surface area contributed by atoms with Crippen LogP contribution >= 0.6 is 0 Å². The molecule has 1 aliphatic rings. The van der Waals surface area contributed by atoms with Gasteiger partial charge in [-0.15, -0.1) is 0 Å². The van der Waals surface area contributed by atoms with Crippen molar-refractivity contribution in [2.24, 2.45) is 0 Å². The number of hydrogen-bond acceptors (Lipinski definition) is 6. The number of para-hydroxylation sites is 1. The second-order valence-corrected chi connectivity index (χ2v) is 10.0. The maximum Gasteiger partial charge on any atom is 0.340 e. The number of sulfonamides is 1. The molecule has 1 amide bonds. The largest absolute Gasteiger partial charge is 0.452 e. The lowest BCUT2D eigenvalue weighted by Gasteiger charge is -2.30. The van der Waals surface area contributed by atoms with E-state index >= 15 is 0 Å². The van der Waals surface area contributed by atoms with Crippen LogP contribution in [0.2, 0.25) is 0 Å². The van der Waals surface area contributed by atoms with Gasteiger partial charge in [-0.3, -0.25) is 4.79 Å². The molecule has 1 saturated heterocycles. The highest BCUT2D eigenvalue weighted by atomic mass is 32.2. The van der Waals surface area contributed by atoms with Crippen LogP contribution in [0.4, 0.5) is 11.4 Å². The maximum atomic E-state index is 13.0. The molecule has 8 nitrogen and oxygen atoms in total. The summed E-state index contributed by atoms with van der Waals surface area (Å²) in [6.07, 6.45) is 3.10. The van der Waals surface area contributed by atoms with E-state index < -0.39 is 22.6 Å². The zero-order valence-electron chi connectivity index (χ0n) is 18.7. The monoisotopic (exact) mass is 459 g/mol. The van der Waals surface area contributed by atoms with Gasteiger partial charge >= 0.3 is 5.97 Å². The fraction of sp³-hybridized carbons (Fsp3) is 0.391. The topological polar surface area (TPSA) is 87.2 Å². The van der Waals surface area contributed by atoms with Crippen LogP contribution in [-0.2, 0) is 19.6 Å². The average Bonchev–Trinajstić information content (AvgIpc) is 2.82. The molecule has 0 saturated carbocycles. The Labute approximate surface area is 189 Å². The van der Waals surface area contributed by atoms with Gasteiger partial charge in [-0.25, -0.2) is 17.5 Å². The lowest BCUT2D eigenvalue weighted by atomic mass is 10.1. The molecule has 32 heavy (non-hydrogen) atoms. The summed E-state index contributed by atoms with van der Waals surface area (Å²) < 4.78 is 31.6. The minimum absolute atomic E-state index is 0.00272. The molecule has 0 radical (unpaired) electrons. The Morgan fingerprint density at radius 2 is 1.62 bits per heavy atom. The Morgan fingerprint density at radius 1 is 0.969 bits per heavy atom. The third-order valence-electron chi connectivity index (χ3n) is 5.51. The summed E-state index contributed by atoms with van der Waals surface area (Å²) >= 11 is 0. The highest BCUT2D eigenvalue weighted by molar-refractivity contribution is 7.89. The molecule has 2 aromatic carbocycles. The van der Waals surface area contributed by atoms with Crippen molar-refractivity contribution in [2.45, 2.75) is 24.2 Å². The number of carbonyl (C=O) groups excluding carboxylic acids is 2. The molecule has 0 bridgehead atoms. The van der Waals surface area contributed by atoms with Gasteiger partial charge in [-0.2, -0.15) is 0 Å². The van der Waals surface area contributed by atoms with E-state index in [-0.39, 0.29) is 16.4 Å². The van der Waals surface area contributed by atoms with Gasteiger partial charge in [0, 0.05) is 39.9 Å². The standard InChI is InChI=1S/C23H29N3O5S/c1-24(2)32(29,30)19-12-13-21(26-14-8-5-9-15-26)20(16-19)23(28)31-17-22(27)25(3)18-10-6-4-7-11-18/h4,6-7,10-13,16H,5,8-9,14-15,17H2,1-3H3. The first-order chi connectivity index (χ1) is 15.2. The smallest absolute Gasteiger partial charge is 0.340 e. The molecule has 1 heterocycles. The van der Waals surface area contributed by atoms with E-state index in [0.29, 0.717) is 11.4 Å². The van der Waals surface area contributed by atoms with E-state index in [2.05, 4.69) is 4.90 Å². The van der Waals surface area contributed by atoms with Crippen LogP contribution in [0, 0.1) is 0 Å². The number of carbonyl (C=O) groups is 2. The molecule has 9 heteroatoms. The lowest BCUT2D eigenvalue weighted by molar-refractivity contribution is -0.121. The predicted molar refractivity (Wildman–Crippen MR) is 124 cm³/mol. The average molecular weight is 460 g/mol. The van der Waals surface area contributed by atoms with E-state index in [1.165, 1.54) is 31.1 Å². The van der Waals surface area contributed by atoms with Gasteiger partial charge in [-0.05, 0) is 49.6 Å². The zero-order valence-corrected chi connectivity index (χ0v) is 19.5. The lowest BCUT2D eigenvalue weighted by Crippen LogP contribution is -2.33. The fourth-order valence-electron chi connectivity index (χ4n) is 3.56. The Balaban J connectivity index is 1.84. The number of nitrogens with zero attached hydrogens (tertiary/aromatic N) is 3. The van der Waals surface area contributed by atoms with Crippen molar-refractivity contribution >= 4 is 33.3 Å². The Kier molecular flexibility index (Phi) is 7.52. The molecule has 1 fully saturated rings. The summed E-state index contributed by atoms with van der Waals surface area (Å²) in [6, 6.07) is 13.5. The Morgan fingerprint density at radius 3 is 2.25 bits per heavy atom. The number of hydrogen-bond donors (Lipinski definition) is 0. The number of piperidine rings is 1. The normalized spacial score (nSPS) is 14.3. The van der Waals surface area contributed by atoms with Gasteiger partial charge in [-0.1, -0.05) is 18.2 Å². The van der Waals surface area contributed by atoms with Gasteiger partial charge in [0.25, 0.3) is 5.91 Å². The van der Waals surface area contributed by atoms with E-state index in [1.54, 1.807) is 25.2 Å². The number of likely N-dealkylation sites (N-methyl/N-ethyl adjacent to an activating group) is 1. The van der Waals surface area contributed by atoms with E-state index in [0.717, 1.165) is 36.7 Å². The molecule has 172 valence electrons. The predicted octanol–water partition coefficient (Wildman–Crippen LogP) is 2.75. The maximum absolute atomic E-state index is 13.0. The van der Waals surface area contributed by atoms with Gasteiger partial charge in [0.05, 0.1) is 16.1 Å². The fourth-order valence-corrected chi connectivity index (χ4v) is 4.49. The molecule has 0 atom stereocenters. The van der Waals surface area contributed by atoms with Crippen molar-refractivity contribution in [1.82, 2.24) is 4.31 Å². The van der Waals surface area contributed by atoms with E-state index in [4.69, 9.17) is 4.74 Å². The number of esters is 1. The summed E-state index contributed by atoms with van der Waals surface area (Å²) in [6.45, 7) is 1.10. The van der Waals surface area contributed by atoms with Crippen LogP contribution in [0.3, 0.4) is 0 Å². The molecule has 0 aliphatic carbocycles. The number of benzene rings is 2. The van der Waals surface area contributed by atoms with Crippen molar-refractivity contribution in [1.29, 1.82) is 0 Å². The summed E-state index contributed by atoms with van der Waals surface area (Å²) in [5, 5.41) is 0. The third kappa shape index (κ3) is 5.28. The van der Waals surface area contributed by atoms with Crippen LogP contribution in [0.5, 0.6) is 0 Å². The molecule has 1 aliphatic heterocycles. The second kappa shape index (κ2) is 10.1. The van der Waals surface area contributed by atoms with Crippen LogP contribution in [0.15, 0.2) is 53.4 Å². The molecule has 0 N–H and O–H groups in total. The van der Waals surface area contributed by atoms with Crippen LogP contribution in [0.1, 0.15) is 29.6 Å².